The lowest BCUT2D eigenvalue weighted by Gasteiger charge is -2.26. The van der Waals surface area contributed by atoms with Crippen molar-refractivity contribution in [1.82, 2.24) is 4.90 Å². The van der Waals surface area contributed by atoms with Crippen molar-refractivity contribution in [2.75, 3.05) is 6.54 Å². The number of carbonyl (C=O) groups is 1. The van der Waals surface area contributed by atoms with E-state index in [0.29, 0.717) is 11.7 Å². The molecule has 0 radical (unpaired) electrons. The van der Waals surface area contributed by atoms with Crippen LogP contribution in [0.1, 0.15) is 92.4 Å². The zero-order chi connectivity index (χ0) is 19.1. The number of rotatable bonds is 2. The minimum absolute atomic E-state index is 0.117. The molecule has 1 aromatic carbocycles. The highest BCUT2D eigenvalue weighted by Gasteiger charge is 2.34. The Morgan fingerprint density at radius 2 is 1.48 bits per heavy atom. The normalized spacial score (nSPS) is 16.6. The van der Waals surface area contributed by atoms with E-state index in [1.807, 2.05) is 53.4 Å². The van der Waals surface area contributed by atoms with Crippen molar-refractivity contribution in [2.24, 2.45) is 5.92 Å². The van der Waals surface area contributed by atoms with Gasteiger partial charge in [0.05, 0.1) is 5.56 Å². The largest absolute Gasteiger partial charge is 0.507 e. The number of nitrogens with zero attached hydrogens (tertiary/aromatic N) is 1. The summed E-state index contributed by atoms with van der Waals surface area (Å²) in [6, 6.07) is 0. The van der Waals surface area contributed by atoms with Gasteiger partial charge in [0.2, 0.25) is 0 Å². The molecule has 1 aliphatic heterocycles. The van der Waals surface area contributed by atoms with Crippen LogP contribution in [0.3, 0.4) is 0 Å². The van der Waals surface area contributed by atoms with Crippen LogP contribution in [-0.2, 0) is 6.54 Å². The Bertz CT molecular complexity index is 586. The Hall–Kier alpha value is -1.51. The summed E-state index contributed by atoms with van der Waals surface area (Å²) in [5.74, 6) is 1.07. The number of phenols is 1. The first-order chi connectivity index (χ1) is 12.0. The van der Waals surface area contributed by atoms with Crippen molar-refractivity contribution in [2.45, 2.75) is 87.1 Å². The van der Waals surface area contributed by atoms with Crippen LogP contribution in [0.25, 0.3) is 0 Å². The monoisotopic (exact) mass is 347 g/mol. The van der Waals surface area contributed by atoms with Gasteiger partial charge in [-0.2, -0.15) is 0 Å². The van der Waals surface area contributed by atoms with Crippen LogP contribution < -0.4 is 0 Å². The summed E-state index contributed by atoms with van der Waals surface area (Å²) in [6.45, 7) is 15.4. The van der Waals surface area contributed by atoms with E-state index in [0.717, 1.165) is 40.9 Å². The first-order valence-corrected chi connectivity index (χ1v) is 10.1. The molecule has 3 nitrogen and oxygen atoms in total. The van der Waals surface area contributed by atoms with Gasteiger partial charge in [-0.3, -0.25) is 4.79 Å². The molecular weight excluding hydrogens is 310 g/mol. The van der Waals surface area contributed by atoms with Gasteiger partial charge in [0.1, 0.15) is 5.75 Å². The molecule has 0 bridgehead atoms. The minimum atomic E-state index is 0.117. The second kappa shape index (κ2) is 9.84. The lowest BCUT2D eigenvalue weighted by atomic mass is 9.89. The highest BCUT2D eigenvalue weighted by molar-refractivity contribution is 6.01. The number of phenolic OH excluding ortho intramolecular Hbond substituents is 1. The van der Waals surface area contributed by atoms with Gasteiger partial charge in [-0.1, -0.05) is 47.0 Å². The van der Waals surface area contributed by atoms with E-state index in [-0.39, 0.29) is 5.91 Å². The van der Waals surface area contributed by atoms with Crippen LogP contribution >= 0.6 is 0 Å². The molecule has 0 aromatic heterocycles. The van der Waals surface area contributed by atoms with E-state index >= 15 is 0 Å². The summed E-state index contributed by atoms with van der Waals surface area (Å²) in [7, 11) is 0. The average Bonchev–Trinajstić information content (AvgIpc) is 2.99. The Morgan fingerprint density at radius 3 is 2.04 bits per heavy atom. The quantitative estimate of drug-likeness (QED) is 0.723. The highest BCUT2D eigenvalue weighted by atomic mass is 16.3. The van der Waals surface area contributed by atoms with Gasteiger partial charge >= 0.3 is 0 Å². The Morgan fingerprint density at radius 1 is 0.920 bits per heavy atom. The number of carbonyl (C=O) groups excluding carboxylic acids is 1. The summed E-state index contributed by atoms with van der Waals surface area (Å²) in [6.07, 6.45) is 6.45. The average molecular weight is 348 g/mol. The number of amides is 1. The maximum atomic E-state index is 12.7. The predicted molar refractivity (Wildman–Crippen MR) is 106 cm³/mol. The number of hydrogen-bond donors (Lipinski definition) is 1. The maximum absolute atomic E-state index is 12.7. The van der Waals surface area contributed by atoms with Crippen LogP contribution in [-0.4, -0.2) is 22.5 Å². The van der Waals surface area contributed by atoms with Crippen LogP contribution in [0.4, 0.5) is 0 Å². The minimum Gasteiger partial charge on any atom is -0.507 e. The Balaban J connectivity index is 0.000000730. The zero-order valence-electron chi connectivity index (χ0n) is 17.3. The van der Waals surface area contributed by atoms with Gasteiger partial charge in [0.15, 0.2) is 0 Å². The molecule has 1 N–H and O–H groups in total. The van der Waals surface area contributed by atoms with E-state index in [9.17, 15) is 9.90 Å². The molecule has 2 aliphatic rings. The fourth-order valence-corrected chi connectivity index (χ4v) is 3.95. The highest BCUT2D eigenvalue weighted by Crippen LogP contribution is 2.38. The van der Waals surface area contributed by atoms with Crippen LogP contribution in [0, 0.1) is 26.7 Å². The molecule has 1 aromatic rings. The van der Waals surface area contributed by atoms with E-state index < -0.39 is 0 Å². The van der Waals surface area contributed by atoms with Crippen LogP contribution in [0.15, 0.2) is 0 Å². The number of fused-ring (bicyclic) bond motifs is 1. The summed E-state index contributed by atoms with van der Waals surface area (Å²) >= 11 is 0. The van der Waals surface area contributed by atoms with Crippen molar-refractivity contribution < 1.29 is 9.90 Å². The molecule has 3 heteroatoms. The van der Waals surface area contributed by atoms with Crippen molar-refractivity contribution in [3.8, 4) is 5.75 Å². The Labute approximate surface area is 154 Å². The van der Waals surface area contributed by atoms with Gasteiger partial charge in [-0.25, -0.2) is 0 Å². The lowest BCUT2D eigenvalue weighted by Crippen LogP contribution is -2.31. The van der Waals surface area contributed by atoms with Gasteiger partial charge in [-0.05, 0) is 56.2 Å². The third-order valence-electron chi connectivity index (χ3n) is 5.46. The van der Waals surface area contributed by atoms with Crippen molar-refractivity contribution in [3.05, 3.63) is 27.8 Å². The molecule has 1 heterocycles. The standard InChI is InChI=1S/C18H25NO2.2C2H6/c1-11-12(2)17(20)13(3)16-15(11)10-19(18(16)21)9-14-7-5-4-6-8-14;2*1-2/h14,20H,4-10H2,1-3H3;2*1-2H3. The molecule has 0 atom stereocenters. The van der Waals surface area contributed by atoms with Gasteiger partial charge in [0.25, 0.3) is 5.91 Å². The predicted octanol–water partition coefficient (Wildman–Crippen LogP) is 5.91. The molecule has 3 rings (SSSR count). The SMILES string of the molecule is CC.CC.Cc1c(C)c2c(c(C)c1O)C(=O)N(CC1CCCCC1)C2. The van der Waals surface area contributed by atoms with E-state index in [4.69, 9.17) is 0 Å². The summed E-state index contributed by atoms with van der Waals surface area (Å²) < 4.78 is 0. The molecule has 0 saturated heterocycles. The van der Waals surface area contributed by atoms with Crippen LogP contribution in [0.2, 0.25) is 0 Å². The maximum Gasteiger partial charge on any atom is 0.254 e. The molecule has 1 aliphatic carbocycles. The molecule has 142 valence electrons. The van der Waals surface area contributed by atoms with E-state index in [1.54, 1.807) is 0 Å². The topological polar surface area (TPSA) is 40.5 Å². The number of benzene rings is 1. The first kappa shape index (κ1) is 21.5. The second-order valence-corrected chi connectivity index (χ2v) is 6.77. The van der Waals surface area contributed by atoms with Crippen molar-refractivity contribution in [1.29, 1.82) is 0 Å². The third kappa shape index (κ3) is 4.37. The molecule has 1 amide bonds. The van der Waals surface area contributed by atoms with Crippen LogP contribution in [0.5, 0.6) is 5.75 Å². The lowest BCUT2D eigenvalue weighted by molar-refractivity contribution is 0.0737. The molecule has 0 spiro atoms. The Kier molecular flexibility index (Phi) is 8.47. The van der Waals surface area contributed by atoms with Crippen molar-refractivity contribution >= 4 is 5.91 Å². The second-order valence-electron chi connectivity index (χ2n) is 6.77. The summed E-state index contributed by atoms with van der Waals surface area (Å²) in [5, 5.41) is 10.2. The summed E-state index contributed by atoms with van der Waals surface area (Å²) in [5.41, 5.74) is 4.63. The molecule has 0 unspecified atom stereocenters. The van der Waals surface area contributed by atoms with Gasteiger partial charge < -0.3 is 10.0 Å². The molecular formula is C22H37NO2. The molecule has 25 heavy (non-hydrogen) atoms. The molecule has 1 fully saturated rings. The summed E-state index contributed by atoms with van der Waals surface area (Å²) in [4.78, 5) is 14.7. The number of hydrogen-bond acceptors (Lipinski definition) is 2. The fourth-order valence-electron chi connectivity index (χ4n) is 3.95. The zero-order valence-corrected chi connectivity index (χ0v) is 17.3. The van der Waals surface area contributed by atoms with E-state index in [1.165, 1.54) is 32.1 Å². The fraction of sp³-hybridized carbons (Fsp3) is 0.682. The van der Waals surface area contributed by atoms with Gasteiger partial charge in [-0.15, -0.1) is 0 Å². The first-order valence-electron chi connectivity index (χ1n) is 10.1. The van der Waals surface area contributed by atoms with Gasteiger partial charge in [0, 0.05) is 18.7 Å². The number of aromatic hydroxyl groups is 1. The van der Waals surface area contributed by atoms with E-state index in [2.05, 4.69) is 0 Å². The van der Waals surface area contributed by atoms with Crippen molar-refractivity contribution in [3.63, 3.8) is 0 Å². The molecule has 1 saturated carbocycles. The third-order valence-corrected chi connectivity index (χ3v) is 5.46. The smallest absolute Gasteiger partial charge is 0.254 e.